The Balaban J connectivity index is 1.88. The fourth-order valence-corrected chi connectivity index (χ4v) is 3.88. The van der Waals surface area contributed by atoms with Crippen molar-refractivity contribution in [1.29, 1.82) is 0 Å². The first-order valence-corrected chi connectivity index (χ1v) is 8.69. The quantitative estimate of drug-likeness (QED) is 0.727. The first-order chi connectivity index (χ1) is 10.5. The maximum Gasteiger partial charge on any atom is 0.354 e. The van der Waals surface area contributed by atoms with Gasteiger partial charge in [0.2, 0.25) is 5.91 Å². The highest BCUT2D eigenvalue weighted by atomic mass is 32.2. The fraction of sp³-hybridized carbons (Fsp3) is 0.467. The van der Waals surface area contributed by atoms with E-state index < -0.39 is 22.7 Å². The maximum atomic E-state index is 12.0. The number of nitrogens with zero attached hydrogens (tertiary/aromatic N) is 1. The van der Waals surface area contributed by atoms with Crippen LogP contribution in [-0.2, 0) is 41.3 Å². The highest BCUT2D eigenvalue weighted by Crippen LogP contribution is 2.38. The Morgan fingerprint density at radius 1 is 1.09 bits per heavy atom. The van der Waals surface area contributed by atoms with Crippen LogP contribution in [0.3, 0.4) is 0 Å². The number of aryl methyl sites for hydroxylation is 2. The summed E-state index contributed by atoms with van der Waals surface area (Å²) in [5.41, 5.74) is 5.87. The normalized spacial score (nSPS) is 17.0. The number of fused-ring (bicyclic) bond motifs is 2. The second-order valence-electron chi connectivity index (χ2n) is 5.71. The van der Waals surface area contributed by atoms with Crippen LogP contribution < -0.4 is 10.0 Å². The molecule has 0 saturated heterocycles. The van der Waals surface area contributed by atoms with Crippen LogP contribution >= 0.6 is 0 Å². The van der Waals surface area contributed by atoms with E-state index in [9.17, 15) is 13.8 Å². The third-order valence-corrected chi connectivity index (χ3v) is 5.01. The van der Waals surface area contributed by atoms with Gasteiger partial charge in [0, 0.05) is 12.6 Å². The molecule has 6 nitrogen and oxygen atoms in total. The van der Waals surface area contributed by atoms with Crippen molar-refractivity contribution >= 4 is 28.4 Å². The highest BCUT2D eigenvalue weighted by Gasteiger charge is 2.24. The van der Waals surface area contributed by atoms with E-state index in [4.69, 9.17) is 0 Å². The van der Waals surface area contributed by atoms with E-state index in [-0.39, 0.29) is 0 Å². The Hall–Kier alpha value is -1.89. The van der Waals surface area contributed by atoms with Crippen LogP contribution in [0.5, 0.6) is 0 Å². The van der Waals surface area contributed by atoms with E-state index in [2.05, 4.69) is 20.5 Å². The van der Waals surface area contributed by atoms with Gasteiger partial charge in [-0.1, -0.05) is 6.07 Å². The molecule has 1 atom stereocenters. The molecule has 3 rings (SSSR count). The Morgan fingerprint density at radius 3 is 2.23 bits per heavy atom. The van der Waals surface area contributed by atoms with Gasteiger partial charge in [-0.3, -0.25) is 9.52 Å². The predicted molar refractivity (Wildman–Crippen MR) is 85.3 cm³/mol. The van der Waals surface area contributed by atoms with Crippen molar-refractivity contribution in [1.82, 2.24) is 4.72 Å². The van der Waals surface area contributed by atoms with Crippen LogP contribution in [0.25, 0.3) is 0 Å². The van der Waals surface area contributed by atoms with Gasteiger partial charge in [-0.15, -0.1) is 4.36 Å². The molecule has 0 spiro atoms. The molecule has 2 N–H and O–H groups in total. The lowest BCUT2D eigenvalue weighted by Crippen LogP contribution is -2.19. The molecule has 0 bridgehead atoms. The molecule has 22 heavy (non-hydrogen) atoms. The molecule has 1 aromatic rings. The van der Waals surface area contributed by atoms with Crippen molar-refractivity contribution in [2.24, 2.45) is 4.36 Å². The monoisotopic (exact) mass is 321 g/mol. The van der Waals surface area contributed by atoms with E-state index in [1.54, 1.807) is 0 Å². The minimum atomic E-state index is -2.40. The molecule has 1 unspecified atom stereocenters. The fourth-order valence-electron chi connectivity index (χ4n) is 3.34. The number of urea groups is 1. The number of benzene rings is 1. The number of nitrogens with one attached hydrogen (secondary N) is 2. The predicted octanol–water partition coefficient (Wildman–Crippen LogP) is 1.91. The SMILES string of the molecule is CC(=O)N/[SH](=O)=N\C(=O)Nc1c2c(cc3c1CCC3)CCC2. The first kappa shape index (κ1) is 15.0. The molecule has 1 aromatic carbocycles. The molecule has 3 amide bonds. The summed E-state index contributed by atoms with van der Waals surface area (Å²) in [6, 6.07) is 1.61. The standard InChI is InChI=1S/C15H19N3O3S/c1-9(19)17-22(21)18-15(20)16-14-12-6-2-4-10(12)8-11-5-3-7-13(11)14/h8,22H,2-7H2,1H3,(H2,16,17,18,19,20,21). The lowest BCUT2D eigenvalue weighted by Gasteiger charge is -2.14. The van der Waals surface area contributed by atoms with Crippen LogP contribution in [-0.4, -0.2) is 16.1 Å². The Bertz CT molecular complexity index is 704. The Labute approximate surface area is 131 Å². The van der Waals surface area contributed by atoms with E-state index in [0.717, 1.165) is 44.2 Å². The number of anilines is 1. The summed E-state index contributed by atoms with van der Waals surface area (Å²) >= 11 is 0. The number of thiol groups is 1. The Morgan fingerprint density at radius 2 is 1.68 bits per heavy atom. The summed E-state index contributed by atoms with van der Waals surface area (Å²) in [7, 11) is -2.40. The number of hydrogen-bond acceptors (Lipinski definition) is 3. The first-order valence-electron chi connectivity index (χ1n) is 7.48. The van der Waals surface area contributed by atoms with Gasteiger partial charge in [-0.2, -0.15) is 0 Å². The number of carbonyl (C=O) groups is 2. The topological polar surface area (TPSA) is 87.6 Å². The van der Waals surface area contributed by atoms with E-state index >= 15 is 0 Å². The van der Waals surface area contributed by atoms with Crippen molar-refractivity contribution in [2.75, 3.05) is 5.32 Å². The molecule has 0 aromatic heterocycles. The van der Waals surface area contributed by atoms with Crippen molar-refractivity contribution in [3.05, 3.63) is 28.3 Å². The lowest BCUT2D eigenvalue weighted by atomic mass is 9.99. The number of carbonyl (C=O) groups excluding carboxylic acids is 2. The number of rotatable bonds is 2. The zero-order chi connectivity index (χ0) is 15.7. The molecule has 2 aliphatic rings. The van der Waals surface area contributed by atoms with E-state index in [1.165, 1.54) is 29.2 Å². The number of hydrogen-bond donors (Lipinski definition) is 3. The van der Waals surface area contributed by atoms with E-state index in [1.807, 2.05) is 0 Å². The molecule has 7 heteroatoms. The van der Waals surface area contributed by atoms with Gasteiger partial charge in [0.25, 0.3) is 0 Å². The minimum absolute atomic E-state index is 0.473. The molecule has 0 aliphatic heterocycles. The van der Waals surface area contributed by atoms with Gasteiger partial charge in [-0.25, -0.2) is 9.00 Å². The van der Waals surface area contributed by atoms with E-state index in [0.29, 0.717) is 0 Å². The van der Waals surface area contributed by atoms with Gasteiger partial charge in [0.05, 0.1) is 0 Å². The Kier molecular flexibility index (Phi) is 4.15. The molecule has 0 heterocycles. The molecular formula is C15H19N3O3S. The van der Waals surface area contributed by atoms with Gasteiger partial charge in [0.1, 0.15) is 10.8 Å². The summed E-state index contributed by atoms with van der Waals surface area (Å²) in [6.07, 6.45) is 6.19. The van der Waals surface area contributed by atoms with Crippen molar-refractivity contribution in [3.8, 4) is 0 Å². The highest BCUT2D eigenvalue weighted by molar-refractivity contribution is 7.73. The van der Waals surface area contributed by atoms with Gasteiger partial charge in [-0.05, 0) is 60.8 Å². The van der Waals surface area contributed by atoms with Crippen LogP contribution in [0.4, 0.5) is 10.5 Å². The van der Waals surface area contributed by atoms with Crippen LogP contribution in [0.15, 0.2) is 10.4 Å². The minimum Gasteiger partial charge on any atom is -0.305 e. The number of amides is 3. The average molecular weight is 321 g/mol. The second-order valence-corrected chi connectivity index (χ2v) is 6.67. The zero-order valence-electron chi connectivity index (χ0n) is 12.4. The van der Waals surface area contributed by atoms with Crippen molar-refractivity contribution < 1.29 is 13.8 Å². The van der Waals surface area contributed by atoms with Gasteiger partial charge < -0.3 is 5.32 Å². The van der Waals surface area contributed by atoms with Crippen LogP contribution in [0.1, 0.15) is 42.0 Å². The summed E-state index contributed by atoms with van der Waals surface area (Å²) in [6.45, 7) is 1.23. The van der Waals surface area contributed by atoms with Crippen molar-refractivity contribution in [3.63, 3.8) is 0 Å². The smallest absolute Gasteiger partial charge is 0.305 e. The molecule has 118 valence electrons. The third kappa shape index (κ3) is 2.99. The molecule has 0 radical (unpaired) electrons. The molecular weight excluding hydrogens is 302 g/mol. The van der Waals surface area contributed by atoms with Crippen LogP contribution in [0.2, 0.25) is 0 Å². The zero-order valence-corrected chi connectivity index (χ0v) is 13.3. The summed E-state index contributed by atoms with van der Waals surface area (Å²) in [5.74, 6) is -0.473. The lowest BCUT2D eigenvalue weighted by molar-refractivity contribution is -0.117. The third-order valence-electron chi connectivity index (χ3n) is 4.14. The van der Waals surface area contributed by atoms with Gasteiger partial charge in [0.15, 0.2) is 0 Å². The summed E-state index contributed by atoms with van der Waals surface area (Å²) in [4.78, 5) is 22.8. The van der Waals surface area contributed by atoms with Crippen LogP contribution in [0, 0.1) is 0 Å². The molecule has 0 saturated carbocycles. The largest absolute Gasteiger partial charge is 0.354 e. The second kappa shape index (κ2) is 6.08. The molecule has 0 fully saturated rings. The van der Waals surface area contributed by atoms with Gasteiger partial charge >= 0.3 is 6.03 Å². The summed E-state index contributed by atoms with van der Waals surface area (Å²) < 4.78 is 17.1. The maximum absolute atomic E-state index is 12.0. The average Bonchev–Trinajstić information content (AvgIpc) is 3.05. The van der Waals surface area contributed by atoms with Crippen molar-refractivity contribution in [2.45, 2.75) is 45.4 Å². The molecule has 2 aliphatic carbocycles. The summed E-state index contributed by atoms with van der Waals surface area (Å²) in [5, 5.41) is 2.81.